The van der Waals surface area contributed by atoms with E-state index in [9.17, 15) is 4.79 Å². The third-order valence-corrected chi connectivity index (χ3v) is 4.79. The van der Waals surface area contributed by atoms with Gasteiger partial charge in [-0.05, 0) is 36.8 Å². The molecule has 1 aromatic carbocycles. The molecule has 1 saturated heterocycles. The van der Waals surface area contributed by atoms with Gasteiger partial charge >= 0.3 is 0 Å². The number of hydrogen-bond donors (Lipinski definition) is 0. The molecule has 1 aromatic heterocycles. The zero-order chi connectivity index (χ0) is 15.3. The Morgan fingerprint density at radius 2 is 2.23 bits per heavy atom. The smallest absolute Gasteiger partial charge is 0.224 e. The van der Waals surface area contributed by atoms with Gasteiger partial charge in [-0.2, -0.15) is 0 Å². The predicted octanol–water partition coefficient (Wildman–Crippen LogP) is 4.12. The maximum atomic E-state index is 12.4. The summed E-state index contributed by atoms with van der Waals surface area (Å²) in [6, 6.07) is 9.27. The van der Waals surface area contributed by atoms with Crippen LogP contribution in [-0.2, 0) is 9.53 Å². The Morgan fingerprint density at radius 3 is 2.95 bits per heavy atom. The minimum absolute atomic E-state index is 0.00433. The molecule has 4 rings (SSSR count). The molecule has 0 bridgehead atoms. The Labute approximate surface area is 133 Å². The summed E-state index contributed by atoms with van der Waals surface area (Å²) in [5.74, 6) is 0.979. The number of anilines is 1. The van der Waals surface area contributed by atoms with Gasteiger partial charge in [-0.25, -0.2) is 0 Å². The molecule has 0 radical (unpaired) electrons. The lowest BCUT2D eigenvalue weighted by molar-refractivity contribution is -0.117. The Morgan fingerprint density at radius 1 is 1.36 bits per heavy atom. The second-order valence-electron chi connectivity index (χ2n) is 5.80. The second kappa shape index (κ2) is 5.14. The number of benzene rings is 1. The number of ether oxygens (including phenoxy) is 1. The molecule has 2 aliphatic rings. The Kier molecular flexibility index (Phi) is 3.24. The first-order valence-corrected chi connectivity index (χ1v) is 7.79. The van der Waals surface area contributed by atoms with Crippen molar-refractivity contribution in [1.82, 2.24) is 0 Å². The van der Waals surface area contributed by atoms with Crippen LogP contribution in [0.3, 0.4) is 0 Å². The van der Waals surface area contributed by atoms with E-state index in [0.29, 0.717) is 11.6 Å². The number of halogens is 1. The molecule has 0 saturated carbocycles. The molecule has 2 aliphatic heterocycles. The van der Waals surface area contributed by atoms with Crippen LogP contribution in [0.2, 0.25) is 5.02 Å². The third-order valence-electron chi connectivity index (χ3n) is 4.55. The summed E-state index contributed by atoms with van der Waals surface area (Å²) in [5, 5.41) is 0.660. The van der Waals surface area contributed by atoms with Crippen LogP contribution in [-0.4, -0.2) is 12.5 Å². The van der Waals surface area contributed by atoms with E-state index >= 15 is 0 Å². The summed E-state index contributed by atoms with van der Waals surface area (Å²) < 4.78 is 11.6. The summed E-state index contributed by atoms with van der Waals surface area (Å²) in [6.45, 7) is 2.27. The van der Waals surface area contributed by atoms with Crippen LogP contribution in [0, 0.1) is 5.92 Å². The van der Waals surface area contributed by atoms with Crippen LogP contribution in [0.5, 0.6) is 0 Å². The number of rotatable bonds is 1. The lowest BCUT2D eigenvalue weighted by atomic mass is 9.81. The number of furan rings is 1. The molecular formula is C17H16ClNO3. The average molecular weight is 318 g/mol. The van der Waals surface area contributed by atoms with Crippen LogP contribution in [0.25, 0.3) is 0 Å². The first kappa shape index (κ1) is 13.9. The molecular weight excluding hydrogens is 302 g/mol. The zero-order valence-corrected chi connectivity index (χ0v) is 12.9. The van der Waals surface area contributed by atoms with Gasteiger partial charge in [0.15, 0.2) is 0 Å². The first-order valence-electron chi connectivity index (χ1n) is 7.41. The van der Waals surface area contributed by atoms with Crippen molar-refractivity contribution < 1.29 is 13.9 Å². The van der Waals surface area contributed by atoms with Gasteiger partial charge in [0.25, 0.3) is 0 Å². The maximum Gasteiger partial charge on any atom is 0.224 e. The van der Waals surface area contributed by atoms with Crippen molar-refractivity contribution >= 4 is 23.2 Å². The van der Waals surface area contributed by atoms with Crippen LogP contribution in [0.4, 0.5) is 5.69 Å². The van der Waals surface area contributed by atoms with Gasteiger partial charge in [-0.15, -0.1) is 0 Å². The van der Waals surface area contributed by atoms with Crippen LogP contribution in [0.15, 0.2) is 41.0 Å². The Bertz CT molecular complexity index is 713. The first-order chi connectivity index (χ1) is 10.7. The van der Waals surface area contributed by atoms with Crippen molar-refractivity contribution in [1.29, 1.82) is 0 Å². The zero-order valence-electron chi connectivity index (χ0n) is 12.2. The predicted molar refractivity (Wildman–Crippen MR) is 82.9 cm³/mol. The van der Waals surface area contributed by atoms with Gasteiger partial charge in [0.05, 0.1) is 18.1 Å². The van der Waals surface area contributed by atoms with Crippen molar-refractivity contribution in [2.24, 2.45) is 5.92 Å². The number of fused-ring (bicyclic) bond motifs is 3. The minimum Gasteiger partial charge on any atom is -0.467 e. The summed E-state index contributed by atoms with van der Waals surface area (Å²) >= 11 is 6.15. The molecule has 3 heterocycles. The highest BCUT2D eigenvalue weighted by molar-refractivity contribution is 6.30. The summed E-state index contributed by atoms with van der Waals surface area (Å²) in [7, 11) is 0. The normalized spacial score (nSPS) is 26.6. The van der Waals surface area contributed by atoms with Gasteiger partial charge in [-0.1, -0.05) is 11.6 Å². The molecule has 3 atom stereocenters. The fraction of sp³-hybridized carbons (Fsp3) is 0.353. The molecule has 22 heavy (non-hydrogen) atoms. The summed E-state index contributed by atoms with van der Waals surface area (Å²) in [4.78, 5) is 14.2. The molecule has 0 spiro atoms. The minimum atomic E-state index is -0.131. The Hall–Kier alpha value is -1.78. The average Bonchev–Trinajstić information content (AvgIpc) is 3.17. The van der Waals surface area contributed by atoms with Gasteiger partial charge in [0.1, 0.15) is 11.8 Å². The highest BCUT2D eigenvalue weighted by Crippen LogP contribution is 2.53. The molecule has 0 N–H and O–H groups in total. The molecule has 5 heteroatoms. The third kappa shape index (κ3) is 1.98. The summed E-state index contributed by atoms with van der Waals surface area (Å²) in [5.41, 5.74) is 1.86. The van der Waals surface area contributed by atoms with E-state index in [-0.39, 0.29) is 24.0 Å². The molecule has 0 unspecified atom stereocenters. The fourth-order valence-electron chi connectivity index (χ4n) is 3.73. The quantitative estimate of drug-likeness (QED) is 0.794. The molecule has 2 aromatic rings. The lowest BCUT2D eigenvalue weighted by Crippen LogP contribution is -2.42. The largest absolute Gasteiger partial charge is 0.467 e. The van der Waals surface area contributed by atoms with Crippen molar-refractivity contribution in [2.45, 2.75) is 25.5 Å². The molecule has 1 amide bonds. The molecule has 1 fully saturated rings. The molecule has 0 aliphatic carbocycles. The van der Waals surface area contributed by atoms with Gasteiger partial charge < -0.3 is 14.1 Å². The van der Waals surface area contributed by atoms with E-state index in [1.165, 1.54) is 0 Å². The second-order valence-corrected chi connectivity index (χ2v) is 6.23. The van der Waals surface area contributed by atoms with E-state index in [0.717, 1.165) is 23.4 Å². The number of carbonyl (C=O) groups excluding carboxylic acids is 1. The number of carbonyl (C=O) groups is 1. The highest BCUT2D eigenvalue weighted by atomic mass is 35.5. The fourth-order valence-corrected chi connectivity index (χ4v) is 3.91. The molecule has 4 nitrogen and oxygen atoms in total. The summed E-state index contributed by atoms with van der Waals surface area (Å²) in [6.07, 6.45) is 2.50. The monoisotopic (exact) mass is 317 g/mol. The van der Waals surface area contributed by atoms with Crippen LogP contribution < -0.4 is 4.90 Å². The topological polar surface area (TPSA) is 42.7 Å². The van der Waals surface area contributed by atoms with E-state index in [1.807, 2.05) is 35.2 Å². The highest BCUT2D eigenvalue weighted by Gasteiger charge is 2.47. The van der Waals surface area contributed by atoms with Crippen molar-refractivity contribution in [2.75, 3.05) is 11.5 Å². The van der Waals surface area contributed by atoms with E-state index < -0.39 is 0 Å². The van der Waals surface area contributed by atoms with E-state index in [2.05, 4.69) is 0 Å². The van der Waals surface area contributed by atoms with Gasteiger partial charge in [-0.3, -0.25) is 4.79 Å². The van der Waals surface area contributed by atoms with Crippen LogP contribution in [0.1, 0.15) is 36.8 Å². The van der Waals surface area contributed by atoms with E-state index in [4.69, 9.17) is 20.8 Å². The van der Waals surface area contributed by atoms with Gasteiger partial charge in [0, 0.05) is 30.0 Å². The van der Waals surface area contributed by atoms with Crippen molar-refractivity contribution in [3.8, 4) is 0 Å². The van der Waals surface area contributed by atoms with Crippen molar-refractivity contribution in [3.05, 3.63) is 52.9 Å². The number of nitrogens with zero attached hydrogens (tertiary/aromatic N) is 1. The molecule has 114 valence electrons. The number of hydrogen-bond acceptors (Lipinski definition) is 3. The van der Waals surface area contributed by atoms with Gasteiger partial charge in [0.2, 0.25) is 5.91 Å². The van der Waals surface area contributed by atoms with Crippen molar-refractivity contribution in [3.63, 3.8) is 0 Å². The van der Waals surface area contributed by atoms with E-state index in [1.54, 1.807) is 13.2 Å². The Balaban J connectivity index is 1.92. The maximum absolute atomic E-state index is 12.4. The number of amides is 1. The standard InChI is InChI=1S/C17H16ClNO3/c1-10(20)19-14-5-4-11(18)9-13(14)17-12(6-8-22-17)16(19)15-3-2-7-21-15/h2-5,7,9,12,16-17H,6,8H2,1H3/t12-,16+,17+/m0/s1. The lowest BCUT2D eigenvalue weighted by Gasteiger charge is -2.42. The SMILES string of the molecule is CC(=O)N1c2ccc(Cl)cc2[C@@H]2OCC[C@H]2[C@@H]1c1ccco1. The van der Waals surface area contributed by atoms with Crippen LogP contribution >= 0.6 is 11.6 Å².